The van der Waals surface area contributed by atoms with Gasteiger partial charge in [0.1, 0.15) is 11.4 Å². The summed E-state index contributed by atoms with van der Waals surface area (Å²) in [7, 11) is 0. The van der Waals surface area contributed by atoms with Crippen LogP contribution in [0.4, 0.5) is 4.79 Å². The molecule has 0 heterocycles. The molecule has 1 atom stereocenters. The molecule has 0 saturated carbocycles. The Morgan fingerprint density at radius 3 is 2.35 bits per heavy atom. The molecular formula is C15H20BrNO3. The third kappa shape index (κ3) is 6.19. The largest absolute Gasteiger partial charge is 0.444 e. The number of ether oxygens (including phenoxy) is 1. The van der Waals surface area contributed by atoms with Gasteiger partial charge < -0.3 is 10.1 Å². The summed E-state index contributed by atoms with van der Waals surface area (Å²) in [4.78, 5) is 23.5. The van der Waals surface area contributed by atoms with Crippen LogP contribution in [-0.2, 0) is 9.53 Å². The molecule has 110 valence electrons. The fourth-order valence-corrected chi connectivity index (χ4v) is 1.90. The van der Waals surface area contributed by atoms with Gasteiger partial charge in [-0.1, -0.05) is 46.3 Å². The number of rotatable bonds is 5. The van der Waals surface area contributed by atoms with Crippen LogP contribution in [0.2, 0.25) is 0 Å². The van der Waals surface area contributed by atoms with Crippen molar-refractivity contribution in [3.05, 3.63) is 35.9 Å². The number of carbonyl (C=O) groups is 2. The van der Waals surface area contributed by atoms with E-state index in [9.17, 15) is 9.59 Å². The van der Waals surface area contributed by atoms with Crippen LogP contribution in [-0.4, -0.2) is 22.8 Å². The Hall–Kier alpha value is -1.36. The molecule has 1 aromatic rings. The van der Waals surface area contributed by atoms with Crippen molar-refractivity contribution in [2.75, 3.05) is 5.33 Å². The molecule has 4 nitrogen and oxygen atoms in total. The number of benzene rings is 1. The van der Waals surface area contributed by atoms with E-state index in [2.05, 4.69) is 21.2 Å². The molecule has 0 aliphatic carbocycles. The first-order valence-corrected chi connectivity index (χ1v) is 7.56. The van der Waals surface area contributed by atoms with Crippen LogP contribution in [0.1, 0.15) is 38.8 Å². The molecule has 1 aromatic carbocycles. The Bertz CT molecular complexity index is 454. The lowest BCUT2D eigenvalue weighted by molar-refractivity contribution is -0.117. The SMILES string of the molecule is CC(C)(C)OC(=O)NC(CC(=O)CBr)c1ccccc1. The number of carbonyl (C=O) groups excluding carboxylic acids is 2. The molecule has 0 saturated heterocycles. The summed E-state index contributed by atoms with van der Waals surface area (Å²) in [6.45, 7) is 5.40. The van der Waals surface area contributed by atoms with Gasteiger partial charge in [0.05, 0.1) is 11.4 Å². The van der Waals surface area contributed by atoms with Crippen molar-refractivity contribution in [3.8, 4) is 0 Å². The lowest BCUT2D eigenvalue weighted by Crippen LogP contribution is -2.35. The maximum absolute atomic E-state index is 11.9. The number of alkyl halides is 1. The quantitative estimate of drug-likeness (QED) is 0.832. The van der Waals surface area contributed by atoms with E-state index in [0.29, 0.717) is 0 Å². The number of nitrogens with one attached hydrogen (secondary N) is 1. The van der Waals surface area contributed by atoms with Gasteiger partial charge in [-0.25, -0.2) is 4.79 Å². The van der Waals surface area contributed by atoms with E-state index in [4.69, 9.17) is 4.74 Å². The van der Waals surface area contributed by atoms with Crippen LogP contribution in [0.25, 0.3) is 0 Å². The zero-order chi connectivity index (χ0) is 15.2. The van der Waals surface area contributed by atoms with Crippen molar-refractivity contribution in [1.82, 2.24) is 5.32 Å². The smallest absolute Gasteiger partial charge is 0.408 e. The summed E-state index contributed by atoms with van der Waals surface area (Å²) in [5.41, 5.74) is 0.317. The molecule has 0 fully saturated rings. The molecule has 0 aliphatic heterocycles. The standard InChI is InChI=1S/C15H20BrNO3/c1-15(2,3)20-14(19)17-13(9-12(18)10-16)11-7-5-4-6-8-11/h4-8,13H,9-10H2,1-3H3,(H,17,19). The molecule has 0 radical (unpaired) electrons. The van der Waals surface area contributed by atoms with Gasteiger partial charge in [0.15, 0.2) is 0 Å². The minimum atomic E-state index is -0.565. The molecule has 1 N–H and O–H groups in total. The summed E-state index contributed by atoms with van der Waals surface area (Å²) < 4.78 is 5.23. The Kier molecular flexibility index (Phi) is 6.20. The maximum atomic E-state index is 11.9. The lowest BCUT2D eigenvalue weighted by atomic mass is 10.0. The van der Waals surface area contributed by atoms with E-state index in [1.807, 2.05) is 30.3 Å². The summed E-state index contributed by atoms with van der Waals surface area (Å²) in [5, 5.41) is 3.02. The number of hydrogen-bond acceptors (Lipinski definition) is 3. The van der Waals surface area contributed by atoms with Crippen LogP contribution in [0.3, 0.4) is 0 Å². The predicted octanol–water partition coefficient (Wildman–Crippen LogP) is 3.61. The Balaban J connectivity index is 2.78. The molecule has 0 aliphatic rings. The van der Waals surface area contributed by atoms with E-state index in [0.717, 1.165) is 5.56 Å². The maximum Gasteiger partial charge on any atom is 0.408 e. The minimum absolute atomic E-state index is 0.0231. The molecule has 1 rings (SSSR count). The fraction of sp³-hybridized carbons (Fsp3) is 0.467. The minimum Gasteiger partial charge on any atom is -0.444 e. The fourth-order valence-electron chi connectivity index (χ4n) is 1.67. The summed E-state index contributed by atoms with van der Waals surface area (Å²) in [6.07, 6.45) is -0.289. The average Bonchev–Trinajstić information content (AvgIpc) is 2.36. The second-order valence-electron chi connectivity index (χ2n) is 5.49. The predicted molar refractivity (Wildman–Crippen MR) is 82.0 cm³/mol. The molecule has 0 bridgehead atoms. The molecular weight excluding hydrogens is 322 g/mol. The van der Waals surface area contributed by atoms with Gasteiger partial charge in [-0.3, -0.25) is 4.79 Å². The third-order valence-electron chi connectivity index (χ3n) is 2.47. The van der Waals surface area contributed by atoms with Crippen molar-refractivity contribution in [3.63, 3.8) is 0 Å². The van der Waals surface area contributed by atoms with Crippen molar-refractivity contribution in [2.45, 2.75) is 38.8 Å². The normalized spacial score (nSPS) is 12.6. The monoisotopic (exact) mass is 341 g/mol. The number of ketones is 1. The highest BCUT2D eigenvalue weighted by atomic mass is 79.9. The number of hydrogen-bond donors (Lipinski definition) is 1. The van der Waals surface area contributed by atoms with E-state index < -0.39 is 11.7 Å². The lowest BCUT2D eigenvalue weighted by Gasteiger charge is -2.23. The third-order valence-corrected chi connectivity index (χ3v) is 3.10. The van der Waals surface area contributed by atoms with Crippen molar-refractivity contribution >= 4 is 27.8 Å². The van der Waals surface area contributed by atoms with E-state index >= 15 is 0 Å². The zero-order valence-electron chi connectivity index (χ0n) is 12.0. The van der Waals surface area contributed by atoms with Crippen LogP contribution < -0.4 is 5.32 Å². The first-order valence-electron chi connectivity index (χ1n) is 6.44. The second-order valence-corrected chi connectivity index (χ2v) is 6.05. The van der Waals surface area contributed by atoms with Crippen molar-refractivity contribution < 1.29 is 14.3 Å². The van der Waals surface area contributed by atoms with Gasteiger partial charge in [0.25, 0.3) is 0 Å². The number of amides is 1. The van der Waals surface area contributed by atoms with Crippen molar-refractivity contribution in [2.24, 2.45) is 0 Å². The highest BCUT2D eigenvalue weighted by Crippen LogP contribution is 2.18. The van der Waals surface area contributed by atoms with Crippen LogP contribution in [0.15, 0.2) is 30.3 Å². The molecule has 0 aromatic heterocycles. The van der Waals surface area contributed by atoms with Gasteiger partial charge in [-0.15, -0.1) is 0 Å². The first kappa shape index (κ1) is 16.7. The molecule has 5 heteroatoms. The van der Waals surface area contributed by atoms with Crippen LogP contribution in [0.5, 0.6) is 0 Å². The van der Waals surface area contributed by atoms with Gasteiger partial charge in [-0.05, 0) is 26.3 Å². The van der Waals surface area contributed by atoms with E-state index in [1.54, 1.807) is 20.8 Å². The second kappa shape index (κ2) is 7.43. The Morgan fingerprint density at radius 2 is 1.85 bits per heavy atom. The highest BCUT2D eigenvalue weighted by molar-refractivity contribution is 9.09. The number of halogens is 1. The van der Waals surface area contributed by atoms with E-state index in [-0.39, 0.29) is 23.6 Å². The summed E-state index contributed by atoms with van der Waals surface area (Å²) >= 11 is 3.14. The van der Waals surface area contributed by atoms with Crippen LogP contribution in [0, 0.1) is 0 Å². The summed E-state index contributed by atoms with van der Waals surface area (Å²) in [5.74, 6) is 0.0231. The van der Waals surface area contributed by atoms with Gasteiger partial charge >= 0.3 is 6.09 Å². The Morgan fingerprint density at radius 1 is 1.25 bits per heavy atom. The van der Waals surface area contributed by atoms with E-state index in [1.165, 1.54) is 0 Å². The molecule has 0 spiro atoms. The van der Waals surface area contributed by atoms with Crippen molar-refractivity contribution in [1.29, 1.82) is 0 Å². The zero-order valence-corrected chi connectivity index (χ0v) is 13.6. The number of Topliss-reactive ketones (excluding diaryl/α,β-unsaturated/α-hetero) is 1. The highest BCUT2D eigenvalue weighted by Gasteiger charge is 2.22. The summed E-state index contributed by atoms with van der Waals surface area (Å²) in [6, 6.07) is 9.01. The van der Waals surface area contributed by atoms with Gasteiger partial charge in [-0.2, -0.15) is 0 Å². The molecule has 1 amide bonds. The number of alkyl carbamates (subject to hydrolysis) is 1. The average molecular weight is 342 g/mol. The topological polar surface area (TPSA) is 55.4 Å². The molecule has 1 unspecified atom stereocenters. The molecule has 20 heavy (non-hydrogen) atoms. The first-order chi connectivity index (χ1) is 9.31. The van der Waals surface area contributed by atoms with Gasteiger partial charge in [0, 0.05) is 6.42 Å². The van der Waals surface area contributed by atoms with Gasteiger partial charge in [0.2, 0.25) is 0 Å². The Labute approximate surface area is 128 Å². The van der Waals surface area contributed by atoms with Crippen LogP contribution >= 0.6 is 15.9 Å².